The van der Waals surface area contributed by atoms with Crippen LogP contribution in [0.2, 0.25) is 0 Å². The molecule has 0 N–H and O–H groups in total. The van der Waals surface area contributed by atoms with Crippen molar-refractivity contribution in [2.75, 3.05) is 14.2 Å². The van der Waals surface area contributed by atoms with Gasteiger partial charge in [0.25, 0.3) is 5.91 Å². The third-order valence-electron chi connectivity index (χ3n) is 3.80. The minimum atomic E-state index is -0.386. The maximum absolute atomic E-state index is 12.7. The van der Waals surface area contributed by atoms with Crippen molar-refractivity contribution in [1.29, 1.82) is 0 Å². The molecule has 0 unspecified atom stereocenters. The van der Waals surface area contributed by atoms with E-state index in [9.17, 15) is 4.79 Å². The van der Waals surface area contributed by atoms with Gasteiger partial charge in [-0.3, -0.25) is 4.79 Å². The summed E-state index contributed by atoms with van der Waals surface area (Å²) in [7, 11) is 4.95. The lowest BCUT2D eigenvalue weighted by atomic mass is 10.1. The van der Waals surface area contributed by atoms with Crippen LogP contribution in [0.3, 0.4) is 0 Å². The van der Waals surface area contributed by atoms with Crippen molar-refractivity contribution >= 4 is 27.5 Å². The number of ether oxygens (including phenoxy) is 2. The van der Waals surface area contributed by atoms with E-state index >= 15 is 0 Å². The third-order valence-corrected chi connectivity index (χ3v) is 4.90. The van der Waals surface area contributed by atoms with Crippen LogP contribution in [0.1, 0.15) is 15.9 Å². The van der Waals surface area contributed by atoms with Gasteiger partial charge in [0.05, 0.1) is 24.4 Å². The molecule has 0 spiro atoms. The number of aromatic nitrogens is 1. The molecule has 5 nitrogen and oxygen atoms in total. The Morgan fingerprint density at radius 1 is 1.12 bits per heavy atom. The number of amides is 1. The summed E-state index contributed by atoms with van der Waals surface area (Å²) in [4.78, 5) is 17.7. The molecule has 0 radical (unpaired) electrons. The number of rotatable bonds is 3. The second kappa shape index (κ2) is 6.49. The molecular formula is C18H18N2O3S. The first-order valence-corrected chi connectivity index (χ1v) is 8.23. The molecule has 0 fully saturated rings. The summed E-state index contributed by atoms with van der Waals surface area (Å²) in [5.74, 6) is 0.508. The van der Waals surface area contributed by atoms with Gasteiger partial charge < -0.3 is 14.0 Å². The van der Waals surface area contributed by atoms with Gasteiger partial charge in [-0.25, -0.2) is 0 Å². The number of nitrogens with zero attached hydrogens (tertiary/aromatic N) is 2. The molecule has 0 aliphatic rings. The van der Waals surface area contributed by atoms with Crippen molar-refractivity contribution in [2.24, 2.45) is 12.0 Å². The van der Waals surface area contributed by atoms with Gasteiger partial charge >= 0.3 is 0 Å². The van der Waals surface area contributed by atoms with E-state index in [1.165, 1.54) is 31.1 Å². The highest BCUT2D eigenvalue weighted by Crippen LogP contribution is 2.29. The number of fused-ring (bicyclic) bond motifs is 1. The highest BCUT2D eigenvalue weighted by atomic mass is 32.1. The first-order chi connectivity index (χ1) is 11.5. The van der Waals surface area contributed by atoms with Gasteiger partial charge in [0, 0.05) is 7.05 Å². The molecule has 0 aliphatic heterocycles. The number of thiazole rings is 1. The average Bonchev–Trinajstić information content (AvgIpc) is 2.88. The Morgan fingerprint density at radius 2 is 1.79 bits per heavy atom. The van der Waals surface area contributed by atoms with Crippen LogP contribution in [0.4, 0.5) is 0 Å². The number of hydrogen-bond acceptors (Lipinski definition) is 4. The molecule has 3 aromatic rings. The lowest BCUT2D eigenvalue weighted by Crippen LogP contribution is -2.14. The summed E-state index contributed by atoms with van der Waals surface area (Å²) in [5, 5.41) is 0. The molecule has 1 aromatic heterocycles. The molecule has 6 heteroatoms. The molecule has 24 heavy (non-hydrogen) atoms. The highest BCUT2D eigenvalue weighted by Gasteiger charge is 2.18. The molecule has 0 bridgehead atoms. The number of hydrogen-bond donors (Lipinski definition) is 0. The zero-order valence-corrected chi connectivity index (χ0v) is 14.8. The van der Waals surface area contributed by atoms with Crippen LogP contribution >= 0.6 is 11.3 Å². The Kier molecular flexibility index (Phi) is 4.40. The van der Waals surface area contributed by atoms with Crippen molar-refractivity contribution in [3.05, 3.63) is 52.3 Å². The monoisotopic (exact) mass is 342 g/mol. The number of methoxy groups -OCH3 is 2. The summed E-state index contributed by atoms with van der Waals surface area (Å²) in [6.45, 7) is 2.04. The molecule has 0 atom stereocenters. The third kappa shape index (κ3) is 2.80. The van der Waals surface area contributed by atoms with E-state index in [1.807, 2.05) is 30.7 Å². The summed E-state index contributed by atoms with van der Waals surface area (Å²) in [5.41, 5.74) is 2.55. The van der Waals surface area contributed by atoms with Gasteiger partial charge in [-0.05, 0) is 36.8 Å². The number of benzene rings is 2. The van der Waals surface area contributed by atoms with E-state index in [-0.39, 0.29) is 5.91 Å². The molecule has 0 saturated carbocycles. The first-order valence-electron chi connectivity index (χ1n) is 7.41. The summed E-state index contributed by atoms with van der Waals surface area (Å²) in [6, 6.07) is 11.4. The molecular weight excluding hydrogens is 324 g/mol. The normalized spacial score (nSPS) is 11.8. The van der Waals surface area contributed by atoms with Crippen molar-refractivity contribution in [3.63, 3.8) is 0 Å². The van der Waals surface area contributed by atoms with Crippen LogP contribution in [0.25, 0.3) is 10.2 Å². The van der Waals surface area contributed by atoms with E-state index in [1.54, 1.807) is 18.2 Å². The minimum Gasteiger partial charge on any atom is -0.496 e. The molecule has 0 saturated heterocycles. The summed E-state index contributed by atoms with van der Waals surface area (Å²) in [6.07, 6.45) is 0. The molecule has 1 amide bonds. The van der Waals surface area contributed by atoms with Gasteiger partial charge in [0.15, 0.2) is 4.80 Å². The van der Waals surface area contributed by atoms with E-state index in [0.29, 0.717) is 21.9 Å². The average molecular weight is 342 g/mol. The fourth-order valence-corrected chi connectivity index (χ4v) is 3.67. The largest absolute Gasteiger partial charge is 0.496 e. The Hall–Kier alpha value is -2.60. The minimum absolute atomic E-state index is 0.330. The Labute approximate surface area is 143 Å². The second-order valence-electron chi connectivity index (χ2n) is 5.37. The van der Waals surface area contributed by atoms with Gasteiger partial charge in [0.2, 0.25) is 0 Å². The van der Waals surface area contributed by atoms with Crippen LogP contribution < -0.4 is 14.3 Å². The predicted molar refractivity (Wildman–Crippen MR) is 95.0 cm³/mol. The fourth-order valence-electron chi connectivity index (χ4n) is 2.55. The van der Waals surface area contributed by atoms with Crippen molar-refractivity contribution < 1.29 is 14.3 Å². The summed E-state index contributed by atoms with van der Waals surface area (Å²) < 4.78 is 13.6. The van der Waals surface area contributed by atoms with E-state index in [2.05, 4.69) is 11.1 Å². The van der Waals surface area contributed by atoms with Gasteiger partial charge in [0.1, 0.15) is 17.1 Å². The van der Waals surface area contributed by atoms with Gasteiger partial charge in [-0.1, -0.05) is 23.5 Å². The molecule has 0 aliphatic carbocycles. The maximum atomic E-state index is 12.7. The molecule has 124 valence electrons. The van der Waals surface area contributed by atoms with Crippen LogP contribution in [0.5, 0.6) is 11.5 Å². The standard InChI is InChI=1S/C18H18N2O3S/c1-11-8-9-12-15(10-11)24-18(20(12)2)19-17(21)16-13(22-3)6-5-7-14(16)23-4/h5-10H,1-4H3. The quantitative estimate of drug-likeness (QED) is 0.734. The van der Waals surface area contributed by atoms with E-state index in [4.69, 9.17) is 9.47 Å². The lowest BCUT2D eigenvalue weighted by molar-refractivity contribution is 0.0992. The van der Waals surface area contributed by atoms with Crippen LogP contribution in [-0.4, -0.2) is 24.7 Å². The topological polar surface area (TPSA) is 52.8 Å². The van der Waals surface area contributed by atoms with E-state index in [0.717, 1.165) is 10.2 Å². The lowest BCUT2D eigenvalue weighted by Gasteiger charge is -2.09. The maximum Gasteiger partial charge on any atom is 0.287 e. The summed E-state index contributed by atoms with van der Waals surface area (Å²) >= 11 is 1.48. The SMILES string of the molecule is COc1cccc(OC)c1C(=O)N=c1sc2cc(C)ccc2n1C. The van der Waals surface area contributed by atoms with Crippen LogP contribution in [0, 0.1) is 6.92 Å². The van der Waals surface area contributed by atoms with E-state index < -0.39 is 0 Å². The number of carbonyl (C=O) groups is 1. The first kappa shape index (κ1) is 16.3. The fraction of sp³-hybridized carbons (Fsp3) is 0.222. The second-order valence-corrected chi connectivity index (χ2v) is 6.38. The van der Waals surface area contributed by atoms with Gasteiger partial charge in [-0.15, -0.1) is 0 Å². The van der Waals surface area contributed by atoms with Crippen molar-refractivity contribution in [1.82, 2.24) is 4.57 Å². The zero-order valence-electron chi connectivity index (χ0n) is 14.0. The Balaban J connectivity index is 2.16. The Morgan fingerprint density at radius 3 is 2.42 bits per heavy atom. The smallest absolute Gasteiger partial charge is 0.287 e. The molecule has 2 aromatic carbocycles. The van der Waals surface area contributed by atoms with Crippen molar-refractivity contribution in [2.45, 2.75) is 6.92 Å². The predicted octanol–water partition coefficient (Wildman–Crippen LogP) is 3.31. The van der Waals surface area contributed by atoms with Crippen LogP contribution in [-0.2, 0) is 7.05 Å². The zero-order chi connectivity index (χ0) is 17.3. The van der Waals surface area contributed by atoms with Gasteiger partial charge in [-0.2, -0.15) is 4.99 Å². The number of aryl methyl sites for hydroxylation is 2. The number of carbonyl (C=O) groups excluding carboxylic acids is 1. The Bertz CT molecular complexity index is 963. The molecule has 1 heterocycles. The highest BCUT2D eigenvalue weighted by molar-refractivity contribution is 7.16. The van der Waals surface area contributed by atoms with Crippen LogP contribution in [0.15, 0.2) is 41.4 Å². The molecule has 3 rings (SSSR count). The van der Waals surface area contributed by atoms with Crippen molar-refractivity contribution in [3.8, 4) is 11.5 Å².